The molecule has 1 heterocycles. The van der Waals surface area contributed by atoms with Crippen molar-refractivity contribution in [2.24, 2.45) is 22.7 Å². The Labute approximate surface area is 183 Å². The summed E-state index contributed by atoms with van der Waals surface area (Å²) in [6, 6.07) is 1.81. The average molecular weight is 435 g/mol. The van der Waals surface area contributed by atoms with Crippen molar-refractivity contribution in [3.05, 3.63) is 23.7 Å². The third kappa shape index (κ3) is 2.92. The molecule has 7 unspecified atom stereocenters. The monoisotopic (exact) mass is 434 g/mol. The Balaban J connectivity index is 1.91. The molecule has 0 amide bonds. The maximum atomic E-state index is 12.3. The predicted molar refractivity (Wildman–Crippen MR) is 111 cm³/mol. The molecule has 2 saturated carbocycles. The van der Waals surface area contributed by atoms with Gasteiger partial charge < -0.3 is 24.1 Å². The number of aliphatic hydroxyl groups is 2. The number of carbonyl (C=O) groups is 2. The number of fused-ring (bicyclic) bond motifs is 4. The van der Waals surface area contributed by atoms with E-state index in [1.165, 1.54) is 13.8 Å². The minimum atomic E-state index is -1.20. The van der Waals surface area contributed by atoms with Crippen LogP contribution in [0.3, 0.4) is 0 Å². The summed E-state index contributed by atoms with van der Waals surface area (Å²) in [7, 11) is 0. The van der Waals surface area contributed by atoms with Crippen LogP contribution in [-0.4, -0.2) is 40.0 Å². The quantitative estimate of drug-likeness (QED) is 0.689. The Morgan fingerprint density at radius 3 is 2.32 bits per heavy atom. The van der Waals surface area contributed by atoms with Crippen LogP contribution in [0.2, 0.25) is 0 Å². The molecule has 3 aliphatic carbocycles. The largest absolute Gasteiger partial charge is 0.469 e. The molecule has 3 aliphatic rings. The Kier molecular flexibility index (Phi) is 4.91. The zero-order chi connectivity index (χ0) is 23.0. The summed E-state index contributed by atoms with van der Waals surface area (Å²) in [6.45, 7) is 10.3. The molecule has 1 aromatic rings. The molecule has 2 N–H and O–H groups in total. The summed E-state index contributed by atoms with van der Waals surface area (Å²) >= 11 is 0. The van der Waals surface area contributed by atoms with E-state index in [1.54, 1.807) is 13.2 Å². The van der Waals surface area contributed by atoms with E-state index in [0.29, 0.717) is 31.4 Å². The third-order valence-corrected chi connectivity index (χ3v) is 8.75. The van der Waals surface area contributed by atoms with Crippen molar-refractivity contribution < 1.29 is 33.7 Å². The summed E-state index contributed by atoms with van der Waals surface area (Å²) in [5.74, 6) is -0.683. The van der Waals surface area contributed by atoms with Gasteiger partial charge in [0.1, 0.15) is 18.0 Å². The Morgan fingerprint density at radius 1 is 1.06 bits per heavy atom. The van der Waals surface area contributed by atoms with E-state index in [0.717, 1.165) is 5.56 Å². The number of esters is 2. The minimum absolute atomic E-state index is 0.173. The van der Waals surface area contributed by atoms with Gasteiger partial charge in [0.2, 0.25) is 0 Å². The van der Waals surface area contributed by atoms with Crippen LogP contribution in [0.15, 0.2) is 16.7 Å². The topological polar surface area (TPSA) is 106 Å². The summed E-state index contributed by atoms with van der Waals surface area (Å²) in [6.07, 6.45) is 2.00. The Morgan fingerprint density at radius 2 is 1.71 bits per heavy atom. The highest BCUT2D eigenvalue weighted by Gasteiger charge is 2.73. The molecule has 0 saturated heterocycles. The van der Waals surface area contributed by atoms with Crippen LogP contribution in [0.4, 0.5) is 0 Å². The molecule has 4 rings (SSSR count). The molecule has 1 aromatic heterocycles. The van der Waals surface area contributed by atoms with Crippen LogP contribution in [0.25, 0.3) is 0 Å². The zero-order valence-corrected chi connectivity index (χ0v) is 19.2. The van der Waals surface area contributed by atoms with Gasteiger partial charge in [-0.15, -0.1) is 0 Å². The molecule has 31 heavy (non-hydrogen) atoms. The van der Waals surface area contributed by atoms with Crippen molar-refractivity contribution >= 4 is 11.9 Å². The van der Waals surface area contributed by atoms with Gasteiger partial charge in [0.15, 0.2) is 0 Å². The SMILES string of the molecule is CC(=O)OC1CC(C)(C)C2(O)CCC3C(Cc4occc4C3(C)O)C2(C)C1OC(C)=O. The van der Waals surface area contributed by atoms with Crippen molar-refractivity contribution in [2.75, 3.05) is 0 Å². The van der Waals surface area contributed by atoms with Crippen molar-refractivity contribution in [1.29, 1.82) is 0 Å². The van der Waals surface area contributed by atoms with Crippen molar-refractivity contribution in [3.63, 3.8) is 0 Å². The van der Waals surface area contributed by atoms with Gasteiger partial charge in [0.05, 0.1) is 17.5 Å². The average Bonchev–Trinajstić information content (AvgIpc) is 3.10. The summed E-state index contributed by atoms with van der Waals surface area (Å²) in [4.78, 5) is 24.1. The number of carbonyl (C=O) groups excluding carboxylic acids is 2. The van der Waals surface area contributed by atoms with Crippen LogP contribution in [0.5, 0.6) is 0 Å². The molecule has 0 aromatic carbocycles. The van der Waals surface area contributed by atoms with Gasteiger partial charge in [-0.25, -0.2) is 0 Å². The van der Waals surface area contributed by atoms with Crippen LogP contribution in [0.1, 0.15) is 72.1 Å². The first-order chi connectivity index (χ1) is 14.3. The van der Waals surface area contributed by atoms with E-state index in [-0.39, 0.29) is 11.8 Å². The van der Waals surface area contributed by atoms with Gasteiger partial charge in [0.25, 0.3) is 0 Å². The molecule has 2 fully saturated rings. The number of furan rings is 1. The standard InChI is InChI=1S/C24H34O7/c1-13(25)30-19-12-21(3,4)24(28)9-7-15-17(22(24,5)20(19)31-14(2)26)11-18-16(8-10-29-18)23(15,6)27/h8,10,15,17,19-20,27-28H,7,9,11-12H2,1-6H3. The maximum Gasteiger partial charge on any atom is 0.303 e. The van der Waals surface area contributed by atoms with Crippen LogP contribution in [-0.2, 0) is 31.1 Å². The second kappa shape index (κ2) is 6.82. The third-order valence-electron chi connectivity index (χ3n) is 8.75. The molecule has 7 heteroatoms. The molecule has 0 spiro atoms. The Hall–Kier alpha value is -1.86. The molecule has 0 aliphatic heterocycles. The first-order valence-corrected chi connectivity index (χ1v) is 11.1. The van der Waals surface area contributed by atoms with E-state index >= 15 is 0 Å². The fraction of sp³-hybridized carbons (Fsp3) is 0.750. The molecule has 172 valence electrons. The Bertz CT molecular complexity index is 899. The second-order valence-corrected chi connectivity index (χ2v) is 10.8. The van der Waals surface area contributed by atoms with Gasteiger partial charge in [-0.1, -0.05) is 20.8 Å². The number of ether oxygens (including phenoxy) is 2. The van der Waals surface area contributed by atoms with Gasteiger partial charge >= 0.3 is 11.9 Å². The minimum Gasteiger partial charge on any atom is -0.469 e. The molecule has 0 radical (unpaired) electrons. The highest BCUT2D eigenvalue weighted by molar-refractivity contribution is 5.67. The lowest BCUT2D eigenvalue weighted by Gasteiger charge is -2.68. The van der Waals surface area contributed by atoms with E-state index in [4.69, 9.17) is 13.9 Å². The van der Waals surface area contributed by atoms with Gasteiger partial charge in [0, 0.05) is 31.2 Å². The van der Waals surface area contributed by atoms with Gasteiger partial charge in [-0.3, -0.25) is 9.59 Å². The van der Waals surface area contributed by atoms with E-state index in [9.17, 15) is 19.8 Å². The maximum absolute atomic E-state index is 12.3. The number of hydrogen-bond acceptors (Lipinski definition) is 7. The lowest BCUT2D eigenvalue weighted by molar-refractivity contribution is -0.312. The molecular weight excluding hydrogens is 400 g/mol. The lowest BCUT2D eigenvalue weighted by atomic mass is 9.39. The molecular formula is C24H34O7. The van der Waals surface area contributed by atoms with Gasteiger partial charge in [-0.2, -0.15) is 0 Å². The summed E-state index contributed by atoms with van der Waals surface area (Å²) in [5.41, 5.74) is -3.15. The first-order valence-electron chi connectivity index (χ1n) is 11.1. The number of hydrogen-bond donors (Lipinski definition) is 2. The highest BCUT2D eigenvalue weighted by atomic mass is 16.6. The van der Waals surface area contributed by atoms with E-state index in [1.807, 2.05) is 26.8 Å². The van der Waals surface area contributed by atoms with Crippen molar-refractivity contribution in [1.82, 2.24) is 0 Å². The highest BCUT2D eigenvalue weighted by Crippen LogP contribution is 2.68. The number of rotatable bonds is 2. The van der Waals surface area contributed by atoms with Crippen LogP contribution < -0.4 is 0 Å². The summed E-state index contributed by atoms with van der Waals surface area (Å²) < 4.78 is 17.2. The molecule has 7 nitrogen and oxygen atoms in total. The van der Waals surface area contributed by atoms with Crippen molar-refractivity contribution in [2.45, 2.75) is 90.6 Å². The molecule has 0 bridgehead atoms. The van der Waals surface area contributed by atoms with E-state index in [2.05, 4.69) is 0 Å². The van der Waals surface area contributed by atoms with Gasteiger partial charge in [-0.05, 0) is 49.5 Å². The smallest absolute Gasteiger partial charge is 0.303 e. The predicted octanol–water partition coefficient (Wildman–Crippen LogP) is 3.10. The van der Waals surface area contributed by atoms with Crippen LogP contribution >= 0.6 is 0 Å². The fourth-order valence-corrected chi connectivity index (χ4v) is 7.31. The normalized spacial score (nSPS) is 43.2. The fourth-order valence-electron chi connectivity index (χ4n) is 7.31. The first kappa shape index (κ1) is 22.3. The van der Waals surface area contributed by atoms with Crippen molar-refractivity contribution in [3.8, 4) is 0 Å². The second-order valence-electron chi connectivity index (χ2n) is 10.8. The molecule has 7 atom stereocenters. The lowest BCUT2D eigenvalue weighted by Crippen LogP contribution is -2.75. The van der Waals surface area contributed by atoms with E-state index < -0.39 is 46.2 Å². The van der Waals surface area contributed by atoms with Crippen LogP contribution in [0, 0.1) is 22.7 Å². The zero-order valence-electron chi connectivity index (χ0n) is 19.2. The summed E-state index contributed by atoms with van der Waals surface area (Å²) in [5, 5.41) is 23.9.